The Kier molecular flexibility index (Phi) is 4.93. The minimum Gasteiger partial charge on any atom is -0.508 e. The number of ether oxygens (including phenoxy) is 2. The van der Waals surface area contributed by atoms with Gasteiger partial charge >= 0.3 is 0 Å². The predicted octanol–water partition coefficient (Wildman–Crippen LogP) is 3.45. The number of methoxy groups -OCH3 is 2. The molecule has 0 bridgehead atoms. The molecule has 0 amide bonds. The van der Waals surface area contributed by atoms with Crippen molar-refractivity contribution in [2.75, 3.05) is 19.5 Å². The van der Waals surface area contributed by atoms with Gasteiger partial charge in [0.15, 0.2) is 0 Å². The van der Waals surface area contributed by atoms with E-state index in [0.29, 0.717) is 0 Å². The van der Waals surface area contributed by atoms with Crippen LogP contribution in [0.5, 0.6) is 17.2 Å². The number of benzene rings is 2. The molecule has 0 aliphatic carbocycles. The van der Waals surface area contributed by atoms with Crippen molar-refractivity contribution in [2.45, 2.75) is 19.4 Å². The van der Waals surface area contributed by atoms with Crippen LogP contribution in [-0.4, -0.2) is 25.4 Å². The van der Waals surface area contributed by atoms with E-state index in [1.165, 1.54) is 5.56 Å². The first-order valence-corrected chi connectivity index (χ1v) is 6.88. The zero-order valence-electron chi connectivity index (χ0n) is 12.6. The van der Waals surface area contributed by atoms with Gasteiger partial charge in [0.1, 0.15) is 17.2 Å². The molecule has 21 heavy (non-hydrogen) atoms. The van der Waals surface area contributed by atoms with Crippen LogP contribution in [0.4, 0.5) is 5.69 Å². The van der Waals surface area contributed by atoms with Gasteiger partial charge in [0.25, 0.3) is 0 Å². The second-order valence-electron chi connectivity index (χ2n) is 5.02. The molecule has 2 aromatic rings. The molecule has 0 aliphatic rings. The van der Waals surface area contributed by atoms with Gasteiger partial charge < -0.3 is 19.9 Å². The van der Waals surface area contributed by atoms with Crippen molar-refractivity contribution < 1.29 is 14.6 Å². The van der Waals surface area contributed by atoms with Crippen molar-refractivity contribution in [3.05, 3.63) is 48.0 Å². The first-order chi connectivity index (χ1) is 10.1. The number of phenols is 1. The van der Waals surface area contributed by atoms with E-state index in [0.717, 1.165) is 23.6 Å². The molecule has 0 aromatic heterocycles. The first kappa shape index (κ1) is 15.0. The number of phenolic OH excluding ortho intramolecular Hbond substituents is 1. The lowest BCUT2D eigenvalue weighted by molar-refractivity contribution is 0.394. The summed E-state index contributed by atoms with van der Waals surface area (Å²) in [4.78, 5) is 0. The zero-order chi connectivity index (χ0) is 15.2. The summed E-state index contributed by atoms with van der Waals surface area (Å²) in [6.07, 6.45) is 0.861. The molecular weight excluding hydrogens is 266 g/mol. The van der Waals surface area contributed by atoms with E-state index in [1.54, 1.807) is 26.4 Å². The van der Waals surface area contributed by atoms with Crippen molar-refractivity contribution in [3.63, 3.8) is 0 Å². The second-order valence-corrected chi connectivity index (χ2v) is 5.02. The summed E-state index contributed by atoms with van der Waals surface area (Å²) in [5.41, 5.74) is 2.13. The van der Waals surface area contributed by atoms with Crippen LogP contribution in [0.1, 0.15) is 12.5 Å². The summed E-state index contributed by atoms with van der Waals surface area (Å²) in [7, 11) is 3.27. The van der Waals surface area contributed by atoms with Gasteiger partial charge in [0.2, 0.25) is 0 Å². The SMILES string of the molecule is COc1cc(NC(C)Cc2ccc(O)cc2)cc(OC)c1. The van der Waals surface area contributed by atoms with Crippen LogP contribution in [-0.2, 0) is 6.42 Å². The van der Waals surface area contributed by atoms with Gasteiger partial charge in [-0.1, -0.05) is 12.1 Å². The molecule has 0 heterocycles. The van der Waals surface area contributed by atoms with Crippen LogP contribution >= 0.6 is 0 Å². The van der Waals surface area contributed by atoms with Crippen molar-refractivity contribution >= 4 is 5.69 Å². The average molecular weight is 287 g/mol. The number of nitrogens with one attached hydrogen (secondary N) is 1. The normalized spacial score (nSPS) is 11.8. The van der Waals surface area contributed by atoms with E-state index in [4.69, 9.17) is 9.47 Å². The molecule has 1 unspecified atom stereocenters. The molecule has 112 valence electrons. The number of hydrogen-bond donors (Lipinski definition) is 2. The Bertz CT molecular complexity index is 559. The lowest BCUT2D eigenvalue weighted by Crippen LogP contribution is -2.18. The summed E-state index contributed by atoms with van der Waals surface area (Å²) < 4.78 is 10.5. The van der Waals surface area contributed by atoms with Gasteiger partial charge in [-0.25, -0.2) is 0 Å². The monoisotopic (exact) mass is 287 g/mol. The fourth-order valence-electron chi connectivity index (χ4n) is 2.21. The molecule has 4 heteroatoms. The quantitative estimate of drug-likeness (QED) is 0.854. The molecular formula is C17H21NO3. The van der Waals surface area contributed by atoms with Crippen LogP contribution < -0.4 is 14.8 Å². The Hall–Kier alpha value is -2.36. The van der Waals surface area contributed by atoms with E-state index in [2.05, 4.69) is 12.2 Å². The van der Waals surface area contributed by atoms with Gasteiger partial charge in [0.05, 0.1) is 14.2 Å². The Morgan fingerprint density at radius 1 is 1.00 bits per heavy atom. The first-order valence-electron chi connectivity index (χ1n) is 6.88. The average Bonchev–Trinajstić information content (AvgIpc) is 2.49. The second kappa shape index (κ2) is 6.88. The zero-order valence-corrected chi connectivity index (χ0v) is 12.6. The Morgan fingerprint density at radius 2 is 1.57 bits per heavy atom. The van der Waals surface area contributed by atoms with E-state index >= 15 is 0 Å². The maximum atomic E-state index is 9.30. The van der Waals surface area contributed by atoms with Crippen molar-refractivity contribution in [1.82, 2.24) is 0 Å². The number of aromatic hydroxyl groups is 1. The third-order valence-electron chi connectivity index (χ3n) is 3.24. The van der Waals surface area contributed by atoms with E-state index in [-0.39, 0.29) is 11.8 Å². The molecule has 2 rings (SSSR count). The van der Waals surface area contributed by atoms with Crippen molar-refractivity contribution in [3.8, 4) is 17.2 Å². The van der Waals surface area contributed by atoms with Crippen LogP contribution in [0.25, 0.3) is 0 Å². The highest BCUT2D eigenvalue weighted by Gasteiger charge is 2.07. The number of rotatable bonds is 6. The molecule has 4 nitrogen and oxygen atoms in total. The molecule has 0 saturated heterocycles. The summed E-state index contributed by atoms with van der Waals surface area (Å²) in [6, 6.07) is 13.2. The van der Waals surface area contributed by atoms with Crippen LogP contribution in [0.15, 0.2) is 42.5 Å². The van der Waals surface area contributed by atoms with Crippen LogP contribution in [0, 0.1) is 0 Å². The maximum absolute atomic E-state index is 9.30. The Balaban J connectivity index is 2.04. The summed E-state index contributed by atoms with van der Waals surface area (Å²) in [5, 5.41) is 12.7. The molecule has 0 spiro atoms. The highest BCUT2D eigenvalue weighted by atomic mass is 16.5. The van der Waals surface area contributed by atoms with E-state index in [1.807, 2.05) is 30.3 Å². The minimum atomic E-state index is 0.242. The molecule has 2 aromatic carbocycles. The molecule has 0 saturated carbocycles. The van der Waals surface area contributed by atoms with Crippen LogP contribution in [0.2, 0.25) is 0 Å². The van der Waals surface area contributed by atoms with E-state index < -0.39 is 0 Å². The highest BCUT2D eigenvalue weighted by molar-refractivity contribution is 5.54. The topological polar surface area (TPSA) is 50.7 Å². The highest BCUT2D eigenvalue weighted by Crippen LogP contribution is 2.26. The van der Waals surface area contributed by atoms with Gasteiger partial charge in [0, 0.05) is 29.9 Å². The Labute approximate surface area is 125 Å². The third kappa shape index (κ3) is 4.31. The summed E-state index contributed by atoms with van der Waals surface area (Å²) >= 11 is 0. The fraction of sp³-hybridized carbons (Fsp3) is 0.294. The van der Waals surface area contributed by atoms with Gasteiger partial charge in [-0.15, -0.1) is 0 Å². The minimum absolute atomic E-state index is 0.242. The molecule has 1 atom stereocenters. The van der Waals surface area contributed by atoms with Gasteiger partial charge in [-0.2, -0.15) is 0 Å². The smallest absolute Gasteiger partial charge is 0.124 e. The number of anilines is 1. The number of hydrogen-bond acceptors (Lipinski definition) is 4. The van der Waals surface area contributed by atoms with Crippen molar-refractivity contribution in [1.29, 1.82) is 0 Å². The van der Waals surface area contributed by atoms with Crippen molar-refractivity contribution in [2.24, 2.45) is 0 Å². The van der Waals surface area contributed by atoms with Gasteiger partial charge in [-0.3, -0.25) is 0 Å². The van der Waals surface area contributed by atoms with E-state index in [9.17, 15) is 5.11 Å². The molecule has 0 fully saturated rings. The largest absolute Gasteiger partial charge is 0.508 e. The molecule has 0 aliphatic heterocycles. The lowest BCUT2D eigenvalue weighted by atomic mass is 10.1. The predicted molar refractivity (Wildman–Crippen MR) is 84.4 cm³/mol. The van der Waals surface area contributed by atoms with Crippen LogP contribution in [0.3, 0.4) is 0 Å². The lowest BCUT2D eigenvalue weighted by Gasteiger charge is -2.17. The summed E-state index contributed by atoms with van der Waals surface area (Å²) in [6.45, 7) is 2.11. The molecule has 0 radical (unpaired) electrons. The molecule has 2 N–H and O–H groups in total. The van der Waals surface area contributed by atoms with Gasteiger partial charge in [-0.05, 0) is 31.0 Å². The maximum Gasteiger partial charge on any atom is 0.124 e. The standard InChI is InChI=1S/C17H21NO3/c1-12(8-13-4-6-15(19)7-5-13)18-14-9-16(20-2)11-17(10-14)21-3/h4-7,9-12,18-19H,8H2,1-3H3. The fourth-order valence-corrected chi connectivity index (χ4v) is 2.21. The Morgan fingerprint density at radius 3 is 2.10 bits per heavy atom. The third-order valence-corrected chi connectivity index (χ3v) is 3.24. The summed E-state index contributed by atoms with van der Waals surface area (Å²) in [5.74, 6) is 1.80.